The second-order valence-electron chi connectivity index (χ2n) is 6.09. The molecule has 20 heavy (non-hydrogen) atoms. The molecule has 2 aromatic rings. The summed E-state index contributed by atoms with van der Waals surface area (Å²) < 4.78 is 7.23. The van der Waals surface area contributed by atoms with Crippen LogP contribution in [0, 0.1) is 19.3 Å². The SMILES string of the molecule is CCc1cc(NCC2(C)COC2)n2nc(C)c(C)c2n1. The number of hydrogen-bond donors (Lipinski definition) is 1. The van der Waals surface area contributed by atoms with Crippen molar-refractivity contribution in [2.45, 2.75) is 34.1 Å². The van der Waals surface area contributed by atoms with Gasteiger partial charge in [-0.2, -0.15) is 9.61 Å². The first-order chi connectivity index (χ1) is 9.52. The van der Waals surface area contributed by atoms with Crippen LogP contribution in [0.15, 0.2) is 6.07 Å². The Hall–Kier alpha value is -1.62. The molecule has 0 bridgehead atoms. The van der Waals surface area contributed by atoms with Crippen LogP contribution in [0.3, 0.4) is 0 Å². The van der Waals surface area contributed by atoms with Crippen molar-refractivity contribution >= 4 is 11.5 Å². The first kappa shape index (κ1) is 13.4. The van der Waals surface area contributed by atoms with Crippen molar-refractivity contribution in [2.24, 2.45) is 5.41 Å². The lowest BCUT2D eigenvalue weighted by Crippen LogP contribution is -2.45. The maximum absolute atomic E-state index is 5.31. The molecule has 0 unspecified atom stereocenters. The van der Waals surface area contributed by atoms with E-state index in [0.717, 1.165) is 54.6 Å². The summed E-state index contributed by atoms with van der Waals surface area (Å²) in [5.74, 6) is 1.02. The standard InChI is InChI=1S/C15H22N4O/c1-5-12-6-13(16-7-15(4)8-20-9-15)19-14(17-12)10(2)11(3)18-19/h6,16H,5,7-9H2,1-4H3. The number of hydrogen-bond acceptors (Lipinski definition) is 4. The molecule has 1 fully saturated rings. The third-order valence-corrected chi connectivity index (χ3v) is 4.07. The van der Waals surface area contributed by atoms with Crippen LogP contribution in [0.25, 0.3) is 5.65 Å². The van der Waals surface area contributed by atoms with Gasteiger partial charge in [-0.1, -0.05) is 13.8 Å². The molecule has 0 spiro atoms. The Balaban J connectivity index is 1.97. The summed E-state index contributed by atoms with van der Waals surface area (Å²) in [5.41, 5.74) is 4.48. The van der Waals surface area contributed by atoms with E-state index in [1.165, 1.54) is 0 Å². The van der Waals surface area contributed by atoms with Gasteiger partial charge < -0.3 is 10.1 Å². The van der Waals surface area contributed by atoms with Gasteiger partial charge in [0.05, 0.1) is 18.9 Å². The second-order valence-corrected chi connectivity index (χ2v) is 6.09. The first-order valence-electron chi connectivity index (χ1n) is 7.20. The highest BCUT2D eigenvalue weighted by Crippen LogP contribution is 2.27. The Bertz CT molecular complexity index is 643. The highest BCUT2D eigenvalue weighted by atomic mass is 16.5. The quantitative estimate of drug-likeness (QED) is 0.930. The Morgan fingerprint density at radius 1 is 1.40 bits per heavy atom. The lowest BCUT2D eigenvalue weighted by atomic mass is 9.89. The molecule has 1 aliphatic heterocycles. The molecule has 2 aromatic heterocycles. The van der Waals surface area contributed by atoms with E-state index in [-0.39, 0.29) is 5.41 Å². The monoisotopic (exact) mass is 274 g/mol. The van der Waals surface area contributed by atoms with Crippen molar-refractivity contribution in [1.82, 2.24) is 14.6 Å². The lowest BCUT2D eigenvalue weighted by molar-refractivity contribution is -0.0925. The van der Waals surface area contributed by atoms with Crippen molar-refractivity contribution in [3.8, 4) is 0 Å². The Labute approximate surface area is 119 Å². The van der Waals surface area contributed by atoms with E-state index in [2.05, 4.69) is 42.2 Å². The maximum atomic E-state index is 5.31. The van der Waals surface area contributed by atoms with Crippen LogP contribution in [0.4, 0.5) is 5.82 Å². The number of fused-ring (bicyclic) bond motifs is 1. The predicted molar refractivity (Wildman–Crippen MR) is 79.3 cm³/mol. The van der Waals surface area contributed by atoms with Gasteiger partial charge in [-0.3, -0.25) is 0 Å². The number of ether oxygens (including phenoxy) is 1. The van der Waals surface area contributed by atoms with Gasteiger partial charge in [0.1, 0.15) is 5.82 Å². The number of rotatable bonds is 4. The molecule has 1 aliphatic rings. The fourth-order valence-corrected chi connectivity index (χ4v) is 2.44. The first-order valence-corrected chi connectivity index (χ1v) is 7.20. The number of aryl methyl sites for hydroxylation is 3. The zero-order valence-corrected chi connectivity index (χ0v) is 12.7. The molecular weight excluding hydrogens is 252 g/mol. The highest BCUT2D eigenvalue weighted by molar-refractivity contribution is 5.56. The van der Waals surface area contributed by atoms with E-state index in [1.54, 1.807) is 0 Å². The third-order valence-electron chi connectivity index (χ3n) is 4.07. The predicted octanol–water partition coefficient (Wildman–Crippen LogP) is 2.36. The third kappa shape index (κ3) is 2.16. The summed E-state index contributed by atoms with van der Waals surface area (Å²) in [5, 5.41) is 8.12. The van der Waals surface area contributed by atoms with Gasteiger partial charge in [0, 0.05) is 29.3 Å². The summed E-state index contributed by atoms with van der Waals surface area (Å²) in [6, 6.07) is 2.10. The second kappa shape index (κ2) is 4.74. The van der Waals surface area contributed by atoms with Crippen molar-refractivity contribution in [2.75, 3.05) is 25.1 Å². The van der Waals surface area contributed by atoms with E-state index in [0.29, 0.717) is 0 Å². The van der Waals surface area contributed by atoms with Crippen LogP contribution in [0.2, 0.25) is 0 Å². The smallest absolute Gasteiger partial charge is 0.160 e. The van der Waals surface area contributed by atoms with Gasteiger partial charge >= 0.3 is 0 Å². The van der Waals surface area contributed by atoms with Crippen LogP contribution in [0.5, 0.6) is 0 Å². The van der Waals surface area contributed by atoms with Gasteiger partial charge in [-0.15, -0.1) is 0 Å². The van der Waals surface area contributed by atoms with Crippen LogP contribution in [-0.2, 0) is 11.2 Å². The average Bonchev–Trinajstić information content (AvgIpc) is 2.70. The van der Waals surface area contributed by atoms with E-state index in [9.17, 15) is 0 Å². The van der Waals surface area contributed by atoms with Crippen molar-refractivity contribution in [1.29, 1.82) is 0 Å². The van der Waals surface area contributed by atoms with E-state index >= 15 is 0 Å². The highest BCUT2D eigenvalue weighted by Gasteiger charge is 2.33. The molecule has 0 saturated carbocycles. The minimum absolute atomic E-state index is 0.235. The molecule has 0 aliphatic carbocycles. The van der Waals surface area contributed by atoms with Gasteiger partial charge in [-0.05, 0) is 20.3 Å². The molecule has 3 rings (SSSR count). The van der Waals surface area contributed by atoms with Crippen LogP contribution in [0.1, 0.15) is 30.8 Å². The average molecular weight is 274 g/mol. The van der Waals surface area contributed by atoms with Crippen molar-refractivity contribution < 1.29 is 4.74 Å². The molecule has 1 N–H and O–H groups in total. The molecular formula is C15H22N4O. The molecule has 108 valence electrons. The molecule has 0 atom stereocenters. The number of nitrogens with zero attached hydrogens (tertiary/aromatic N) is 3. The fraction of sp³-hybridized carbons (Fsp3) is 0.600. The summed E-state index contributed by atoms with van der Waals surface area (Å²) in [4.78, 5) is 4.69. The molecule has 0 amide bonds. The van der Waals surface area contributed by atoms with Crippen LogP contribution in [-0.4, -0.2) is 34.4 Å². The van der Waals surface area contributed by atoms with E-state index in [1.807, 2.05) is 11.4 Å². The van der Waals surface area contributed by atoms with Crippen LogP contribution < -0.4 is 5.32 Å². The van der Waals surface area contributed by atoms with E-state index in [4.69, 9.17) is 4.74 Å². The van der Waals surface area contributed by atoms with E-state index < -0.39 is 0 Å². The zero-order chi connectivity index (χ0) is 14.3. The summed E-state index contributed by atoms with van der Waals surface area (Å²) >= 11 is 0. The number of nitrogens with one attached hydrogen (secondary N) is 1. The molecule has 0 aromatic carbocycles. The summed E-state index contributed by atoms with van der Waals surface area (Å²) in [6.07, 6.45) is 0.926. The largest absolute Gasteiger partial charge is 0.380 e. The van der Waals surface area contributed by atoms with Gasteiger partial charge in [0.15, 0.2) is 5.65 Å². The Morgan fingerprint density at radius 2 is 2.15 bits per heavy atom. The van der Waals surface area contributed by atoms with Gasteiger partial charge in [0.2, 0.25) is 0 Å². The number of anilines is 1. The maximum Gasteiger partial charge on any atom is 0.160 e. The minimum Gasteiger partial charge on any atom is -0.380 e. The molecule has 3 heterocycles. The summed E-state index contributed by atoms with van der Waals surface area (Å²) in [7, 11) is 0. The van der Waals surface area contributed by atoms with Crippen LogP contribution >= 0.6 is 0 Å². The normalized spacial score (nSPS) is 17.2. The fourth-order valence-electron chi connectivity index (χ4n) is 2.44. The minimum atomic E-state index is 0.235. The van der Waals surface area contributed by atoms with Crippen molar-refractivity contribution in [3.05, 3.63) is 23.0 Å². The Morgan fingerprint density at radius 3 is 2.75 bits per heavy atom. The molecule has 5 nitrogen and oxygen atoms in total. The topological polar surface area (TPSA) is 51.5 Å². The molecule has 0 radical (unpaired) electrons. The Kier molecular flexibility index (Phi) is 3.17. The summed E-state index contributed by atoms with van der Waals surface area (Å²) in [6.45, 7) is 11.0. The van der Waals surface area contributed by atoms with Crippen molar-refractivity contribution in [3.63, 3.8) is 0 Å². The van der Waals surface area contributed by atoms with Gasteiger partial charge in [0.25, 0.3) is 0 Å². The van der Waals surface area contributed by atoms with Gasteiger partial charge in [-0.25, -0.2) is 4.98 Å². The lowest BCUT2D eigenvalue weighted by Gasteiger charge is -2.38. The molecule has 5 heteroatoms. The molecule has 1 saturated heterocycles. The zero-order valence-electron chi connectivity index (χ0n) is 12.7. The number of aromatic nitrogens is 3.